The molecule has 3 aromatic rings. The van der Waals surface area contributed by atoms with Crippen molar-refractivity contribution in [1.82, 2.24) is 20.1 Å². The molecule has 0 unspecified atom stereocenters. The van der Waals surface area contributed by atoms with E-state index in [1.54, 1.807) is 19.1 Å². The molecule has 0 spiro atoms. The molecule has 2 amide bonds. The predicted octanol–water partition coefficient (Wildman–Crippen LogP) is 3.54. The molecular formula is C20H19BrFN5O2. The Hall–Kier alpha value is -3.07. The van der Waals surface area contributed by atoms with Crippen molar-refractivity contribution >= 4 is 33.4 Å². The Labute approximate surface area is 175 Å². The minimum Gasteiger partial charge on any atom is -0.349 e. The summed E-state index contributed by atoms with van der Waals surface area (Å²) in [6.45, 7) is 3.73. The molecule has 0 aliphatic rings. The molecule has 3 rings (SSSR count). The molecule has 0 aliphatic heterocycles. The monoisotopic (exact) mass is 459 g/mol. The first-order chi connectivity index (χ1) is 13.8. The van der Waals surface area contributed by atoms with E-state index in [0.29, 0.717) is 17.2 Å². The molecule has 0 radical (unpaired) electrons. The van der Waals surface area contributed by atoms with Crippen molar-refractivity contribution in [3.63, 3.8) is 0 Å². The molecule has 1 aromatic heterocycles. The van der Waals surface area contributed by atoms with Crippen molar-refractivity contribution in [1.29, 1.82) is 0 Å². The van der Waals surface area contributed by atoms with Gasteiger partial charge in [0.05, 0.1) is 5.69 Å². The lowest BCUT2D eigenvalue weighted by Crippen LogP contribution is -2.28. The topological polar surface area (TPSA) is 88.9 Å². The molecule has 0 atom stereocenters. The lowest BCUT2D eigenvalue weighted by atomic mass is 10.2. The second-order valence-corrected chi connectivity index (χ2v) is 7.30. The van der Waals surface area contributed by atoms with Crippen molar-refractivity contribution in [2.45, 2.75) is 20.3 Å². The molecule has 9 heteroatoms. The second-order valence-electron chi connectivity index (χ2n) is 6.38. The number of nitrogens with one attached hydrogen (secondary N) is 2. The van der Waals surface area contributed by atoms with E-state index in [4.69, 9.17) is 0 Å². The summed E-state index contributed by atoms with van der Waals surface area (Å²) < 4.78 is 15.4. The number of nitrogens with zero attached hydrogens (tertiary/aromatic N) is 3. The molecule has 2 aromatic carbocycles. The summed E-state index contributed by atoms with van der Waals surface area (Å²) in [5, 5.41) is 9.61. The van der Waals surface area contributed by atoms with Crippen LogP contribution in [0.5, 0.6) is 0 Å². The van der Waals surface area contributed by atoms with Crippen LogP contribution in [0.15, 0.2) is 46.9 Å². The van der Waals surface area contributed by atoms with Gasteiger partial charge in [0.1, 0.15) is 11.6 Å². The van der Waals surface area contributed by atoms with Gasteiger partial charge in [-0.1, -0.05) is 22.0 Å². The number of aryl methyl sites for hydroxylation is 2. The number of aromatic nitrogens is 3. The Morgan fingerprint density at radius 3 is 2.59 bits per heavy atom. The van der Waals surface area contributed by atoms with Crippen molar-refractivity contribution in [2.24, 2.45) is 0 Å². The predicted molar refractivity (Wildman–Crippen MR) is 111 cm³/mol. The standard InChI is InChI=1S/C20H19BrFN5O2/c1-12-3-4-14(21)11-17(12)25-18(28)9-10-23-20(29)19-24-13(2)27(26-19)16-7-5-15(22)6-8-16/h3-8,11H,9-10H2,1-2H3,(H,23,29)(H,25,28). The molecule has 0 aliphatic carbocycles. The van der Waals surface area contributed by atoms with Gasteiger partial charge in [-0.25, -0.2) is 14.1 Å². The fourth-order valence-corrected chi connectivity index (χ4v) is 2.98. The highest BCUT2D eigenvalue weighted by atomic mass is 79.9. The van der Waals surface area contributed by atoms with Gasteiger partial charge in [0.15, 0.2) is 0 Å². The lowest BCUT2D eigenvalue weighted by molar-refractivity contribution is -0.116. The number of anilines is 1. The summed E-state index contributed by atoms with van der Waals surface area (Å²) in [4.78, 5) is 28.5. The molecule has 150 valence electrons. The van der Waals surface area contributed by atoms with E-state index in [0.717, 1.165) is 10.0 Å². The summed E-state index contributed by atoms with van der Waals surface area (Å²) in [5.74, 6) is -0.589. The highest BCUT2D eigenvalue weighted by molar-refractivity contribution is 9.10. The molecular weight excluding hydrogens is 441 g/mol. The first-order valence-corrected chi connectivity index (χ1v) is 9.66. The maximum Gasteiger partial charge on any atom is 0.290 e. The van der Waals surface area contributed by atoms with E-state index in [2.05, 4.69) is 36.6 Å². The number of rotatable bonds is 6. The van der Waals surface area contributed by atoms with Crippen LogP contribution in [0.3, 0.4) is 0 Å². The van der Waals surface area contributed by atoms with E-state index >= 15 is 0 Å². The molecule has 0 bridgehead atoms. The Kier molecular flexibility index (Phi) is 6.38. The molecule has 29 heavy (non-hydrogen) atoms. The van der Waals surface area contributed by atoms with Crippen LogP contribution in [0.1, 0.15) is 28.4 Å². The molecule has 0 saturated carbocycles. The Balaban J connectivity index is 1.56. The van der Waals surface area contributed by atoms with Gasteiger partial charge in [-0.15, -0.1) is 5.10 Å². The Bertz CT molecular complexity index is 1050. The molecule has 2 N–H and O–H groups in total. The van der Waals surface area contributed by atoms with Crippen LogP contribution in [0.4, 0.5) is 10.1 Å². The number of hydrogen-bond acceptors (Lipinski definition) is 4. The van der Waals surface area contributed by atoms with Crippen molar-refractivity contribution in [3.05, 3.63) is 70.0 Å². The van der Waals surface area contributed by atoms with Gasteiger partial charge >= 0.3 is 0 Å². The number of halogens is 2. The number of benzene rings is 2. The van der Waals surface area contributed by atoms with Gasteiger partial charge in [0, 0.05) is 23.1 Å². The number of carbonyl (C=O) groups excluding carboxylic acids is 2. The van der Waals surface area contributed by atoms with E-state index in [-0.39, 0.29) is 30.5 Å². The van der Waals surface area contributed by atoms with Crippen LogP contribution in [0.25, 0.3) is 5.69 Å². The van der Waals surface area contributed by atoms with Gasteiger partial charge in [0.25, 0.3) is 5.91 Å². The number of amides is 2. The van der Waals surface area contributed by atoms with Gasteiger partial charge in [0.2, 0.25) is 11.7 Å². The van der Waals surface area contributed by atoms with Gasteiger partial charge < -0.3 is 10.6 Å². The van der Waals surface area contributed by atoms with Gasteiger partial charge in [-0.3, -0.25) is 9.59 Å². The largest absolute Gasteiger partial charge is 0.349 e. The lowest BCUT2D eigenvalue weighted by Gasteiger charge is -2.09. The van der Waals surface area contributed by atoms with Crippen LogP contribution in [0.2, 0.25) is 0 Å². The van der Waals surface area contributed by atoms with E-state index < -0.39 is 5.91 Å². The third-order valence-corrected chi connectivity index (χ3v) is 4.65. The summed E-state index contributed by atoms with van der Waals surface area (Å²) in [6, 6.07) is 11.3. The average molecular weight is 460 g/mol. The van der Waals surface area contributed by atoms with Crippen molar-refractivity contribution < 1.29 is 14.0 Å². The van der Waals surface area contributed by atoms with Crippen molar-refractivity contribution in [2.75, 3.05) is 11.9 Å². The SMILES string of the molecule is Cc1ccc(Br)cc1NC(=O)CCNC(=O)c1nc(C)n(-c2ccc(F)cc2)n1. The molecule has 1 heterocycles. The van der Waals surface area contributed by atoms with Crippen LogP contribution in [-0.2, 0) is 4.79 Å². The maximum atomic E-state index is 13.1. The number of carbonyl (C=O) groups is 2. The highest BCUT2D eigenvalue weighted by Gasteiger charge is 2.15. The fraction of sp³-hybridized carbons (Fsp3) is 0.200. The van der Waals surface area contributed by atoms with E-state index in [9.17, 15) is 14.0 Å². The van der Waals surface area contributed by atoms with Crippen LogP contribution in [-0.4, -0.2) is 33.1 Å². The van der Waals surface area contributed by atoms with Crippen molar-refractivity contribution in [3.8, 4) is 5.69 Å². The Morgan fingerprint density at radius 1 is 1.14 bits per heavy atom. The van der Waals surface area contributed by atoms with Crippen LogP contribution < -0.4 is 10.6 Å². The minimum absolute atomic E-state index is 0.0185. The molecule has 0 fully saturated rings. The normalized spacial score (nSPS) is 10.6. The van der Waals surface area contributed by atoms with Gasteiger partial charge in [-0.2, -0.15) is 0 Å². The molecule has 7 nitrogen and oxygen atoms in total. The summed E-state index contributed by atoms with van der Waals surface area (Å²) in [6.07, 6.45) is 0.106. The third kappa shape index (κ3) is 5.26. The zero-order valence-electron chi connectivity index (χ0n) is 15.9. The minimum atomic E-state index is -0.486. The average Bonchev–Trinajstić information content (AvgIpc) is 3.07. The smallest absolute Gasteiger partial charge is 0.290 e. The highest BCUT2D eigenvalue weighted by Crippen LogP contribution is 2.20. The van der Waals surface area contributed by atoms with Crippen LogP contribution in [0, 0.1) is 19.7 Å². The first kappa shape index (κ1) is 20.7. The number of hydrogen-bond donors (Lipinski definition) is 2. The summed E-state index contributed by atoms with van der Waals surface area (Å²) in [7, 11) is 0. The van der Waals surface area contributed by atoms with Gasteiger partial charge in [-0.05, 0) is 55.8 Å². The van der Waals surface area contributed by atoms with E-state index in [1.165, 1.54) is 16.8 Å². The summed E-state index contributed by atoms with van der Waals surface area (Å²) >= 11 is 3.37. The maximum absolute atomic E-state index is 13.1. The second kappa shape index (κ2) is 8.95. The van der Waals surface area contributed by atoms with E-state index in [1.807, 2.05) is 25.1 Å². The fourth-order valence-electron chi connectivity index (χ4n) is 2.62. The molecule has 0 saturated heterocycles. The zero-order valence-corrected chi connectivity index (χ0v) is 17.5. The third-order valence-electron chi connectivity index (χ3n) is 4.15. The first-order valence-electron chi connectivity index (χ1n) is 8.87. The quantitative estimate of drug-likeness (QED) is 0.589. The van der Waals surface area contributed by atoms with Crippen LogP contribution >= 0.6 is 15.9 Å². The summed E-state index contributed by atoms with van der Waals surface area (Å²) in [5.41, 5.74) is 2.25. The zero-order chi connectivity index (χ0) is 21.0. The Morgan fingerprint density at radius 2 is 1.86 bits per heavy atom.